The van der Waals surface area contributed by atoms with Crippen molar-refractivity contribution in [3.05, 3.63) is 60.0 Å². The molecule has 2 heterocycles. The first-order valence-corrected chi connectivity index (χ1v) is 8.51. The van der Waals surface area contributed by atoms with Crippen LogP contribution in [0.4, 0.5) is 5.82 Å². The second-order valence-corrected chi connectivity index (χ2v) is 6.20. The predicted molar refractivity (Wildman–Crippen MR) is 98.9 cm³/mol. The standard InChI is InChI=1S/C18H15N5OS/c1-24-14-9-5-8-13(10-14)23-17(19)16(21-22-23)18-20-15(11-25-18)12-6-3-2-4-7-12/h2-11H,19H2,1H3. The van der Waals surface area contributed by atoms with Gasteiger partial charge in [-0.05, 0) is 12.1 Å². The molecule has 0 aliphatic carbocycles. The Balaban J connectivity index is 1.71. The first-order chi connectivity index (χ1) is 12.3. The molecule has 0 spiro atoms. The molecule has 2 N–H and O–H groups in total. The van der Waals surface area contributed by atoms with Crippen molar-refractivity contribution in [2.75, 3.05) is 12.8 Å². The fraction of sp³-hybridized carbons (Fsp3) is 0.0556. The number of hydrogen-bond donors (Lipinski definition) is 1. The summed E-state index contributed by atoms with van der Waals surface area (Å²) < 4.78 is 6.83. The van der Waals surface area contributed by atoms with Gasteiger partial charge in [0.1, 0.15) is 10.8 Å². The normalized spacial score (nSPS) is 10.8. The number of aromatic nitrogens is 4. The Hall–Kier alpha value is -3.19. The molecule has 0 atom stereocenters. The van der Waals surface area contributed by atoms with Crippen LogP contribution < -0.4 is 10.5 Å². The zero-order chi connectivity index (χ0) is 17.2. The lowest BCUT2D eigenvalue weighted by molar-refractivity contribution is 0.414. The molecule has 25 heavy (non-hydrogen) atoms. The third-order valence-electron chi connectivity index (χ3n) is 3.78. The van der Waals surface area contributed by atoms with Crippen LogP contribution in [0.5, 0.6) is 5.75 Å². The van der Waals surface area contributed by atoms with Gasteiger partial charge in [0, 0.05) is 17.0 Å². The number of thiazole rings is 1. The summed E-state index contributed by atoms with van der Waals surface area (Å²) in [6.45, 7) is 0. The summed E-state index contributed by atoms with van der Waals surface area (Å²) in [5.74, 6) is 1.18. The van der Waals surface area contributed by atoms with Gasteiger partial charge in [-0.3, -0.25) is 0 Å². The molecule has 0 unspecified atom stereocenters. The summed E-state index contributed by atoms with van der Waals surface area (Å²) in [6, 6.07) is 17.5. The maximum atomic E-state index is 6.27. The number of ether oxygens (including phenoxy) is 1. The van der Waals surface area contributed by atoms with Gasteiger partial charge in [0.2, 0.25) is 0 Å². The van der Waals surface area contributed by atoms with Crippen molar-refractivity contribution in [2.45, 2.75) is 0 Å². The zero-order valence-electron chi connectivity index (χ0n) is 13.5. The Morgan fingerprint density at radius 2 is 1.92 bits per heavy atom. The molecule has 124 valence electrons. The predicted octanol–water partition coefficient (Wildman–Crippen LogP) is 3.65. The Morgan fingerprint density at radius 1 is 1.08 bits per heavy atom. The Morgan fingerprint density at radius 3 is 2.72 bits per heavy atom. The molecule has 2 aromatic heterocycles. The van der Waals surface area contributed by atoms with Crippen LogP contribution in [0.1, 0.15) is 0 Å². The van der Waals surface area contributed by atoms with E-state index in [1.54, 1.807) is 11.8 Å². The molecular weight excluding hydrogens is 334 g/mol. The summed E-state index contributed by atoms with van der Waals surface area (Å²) in [5.41, 5.74) is 9.59. The van der Waals surface area contributed by atoms with Crippen LogP contribution in [0.25, 0.3) is 27.6 Å². The number of benzene rings is 2. The minimum atomic E-state index is 0.446. The molecule has 0 radical (unpaired) electrons. The third kappa shape index (κ3) is 2.85. The Labute approximate surface area is 148 Å². The summed E-state index contributed by atoms with van der Waals surface area (Å²) in [6.07, 6.45) is 0. The molecule has 0 saturated carbocycles. The average Bonchev–Trinajstić information content (AvgIpc) is 3.29. The van der Waals surface area contributed by atoms with Crippen LogP contribution in [-0.4, -0.2) is 27.1 Å². The maximum absolute atomic E-state index is 6.27. The summed E-state index contributed by atoms with van der Waals surface area (Å²) in [4.78, 5) is 4.65. The Bertz CT molecular complexity index is 1010. The second-order valence-electron chi connectivity index (χ2n) is 5.34. The third-order valence-corrected chi connectivity index (χ3v) is 4.63. The highest BCUT2D eigenvalue weighted by Gasteiger charge is 2.17. The van der Waals surface area contributed by atoms with Gasteiger partial charge in [0.05, 0.1) is 18.5 Å². The van der Waals surface area contributed by atoms with Gasteiger partial charge in [0.25, 0.3) is 0 Å². The van der Waals surface area contributed by atoms with Gasteiger partial charge in [-0.25, -0.2) is 4.98 Å². The van der Waals surface area contributed by atoms with Crippen LogP contribution in [0.3, 0.4) is 0 Å². The van der Waals surface area contributed by atoms with Crippen molar-refractivity contribution in [1.82, 2.24) is 20.0 Å². The largest absolute Gasteiger partial charge is 0.497 e. The fourth-order valence-corrected chi connectivity index (χ4v) is 3.32. The van der Waals surface area contributed by atoms with E-state index in [-0.39, 0.29) is 0 Å². The number of methoxy groups -OCH3 is 1. The lowest BCUT2D eigenvalue weighted by atomic mass is 10.2. The van der Waals surface area contributed by atoms with E-state index >= 15 is 0 Å². The smallest absolute Gasteiger partial charge is 0.165 e. The van der Waals surface area contributed by atoms with E-state index in [4.69, 9.17) is 10.5 Å². The van der Waals surface area contributed by atoms with Crippen molar-refractivity contribution >= 4 is 17.2 Å². The number of nitrogen functional groups attached to an aromatic ring is 1. The number of anilines is 1. The minimum Gasteiger partial charge on any atom is -0.497 e. The molecule has 2 aromatic carbocycles. The highest BCUT2D eigenvalue weighted by atomic mass is 32.1. The molecule has 4 aromatic rings. The monoisotopic (exact) mass is 349 g/mol. The SMILES string of the molecule is COc1cccc(-n2nnc(-c3nc(-c4ccccc4)cs3)c2N)c1. The highest BCUT2D eigenvalue weighted by molar-refractivity contribution is 7.13. The quantitative estimate of drug-likeness (QED) is 0.608. The molecule has 0 amide bonds. The first-order valence-electron chi connectivity index (χ1n) is 7.63. The molecule has 6 nitrogen and oxygen atoms in total. The second kappa shape index (κ2) is 6.37. The molecule has 0 bridgehead atoms. The van der Waals surface area contributed by atoms with Gasteiger partial charge >= 0.3 is 0 Å². The summed E-state index contributed by atoms with van der Waals surface area (Å²) in [7, 11) is 1.62. The average molecular weight is 349 g/mol. The first kappa shape index (κ1) is 15.3. The van der Waals surface area contributed by atoms with Gasteiger partial charge in [-0.2, -0.15) is 4.68 Å². The van der Waals surface area contributed by atoms with Crippen molar-refractivity contribution in [3.63, 3.8) is 0 Å². The van der Waals surface area contributed by atoms with Gasteiger partial charge in [0.15, 0.2) is 11.5 Å². The number of hydrogen-bond acceptors (Lipinski definition) is 6. The minimum absolute atomic E-state index is 0.446. The number of nitrogens with two attached hydrogens (primary N) is 1. The van der Waals surface area contributed by atoms with Gasteiger partial charge < -0.3 is 10.5 Å². The van der Waals surface area contributed by atoms with Crippen LogP contribution in [0, 0.1) is 0 Å². The molecule has 0 aliphatic rings. The molecule has 0 aliphatic heterocycles. The van der Waals surface area contributed by atoms with Crippen LogP contribution in [0.2, 0.25) is 0 Å². The van der Waals surface area contributed by atoms with Crippen molar-refractivity contribution in [1.29, 1.82) is 0 Å². The van der Waals surface area contributed by atoms with E-state index in [9.17, 15) is 0 Å². The van der Waals surface area contributed by atoms with Crippen LogP contribution in [0.15, 0.2) is 60.0 Å². The molecule has 0 fully saturated rings. The topological polar surface area (TPSA) is 78.8 Å². The maximum Gasteiger partial charge on any atom is 0.165 e. The Kier molecular flexibility index (Phi) is 3.91. The number of nitrogens with zero attached hydrogens (tertiary/aromatic N) is 4. The number of rotatable bonds is 4. The zero-order valence-corrected chi connectivity index (χ0v) is 14.3. The van der Waals surface area contributed by atoms with Crippen LogP contribution >= 0.6 is 11.3 Å². The van der Waals surface area contributed by atoms with Crippen molar-refractivity contribution in [2.24, 2.45) is 0 Å². The molecule has 7 heteroatoms. The molecule has 4 rings (SSSR count). The van der Waals surface area contributed by atoms with E-state index < -0.39 is 0 Å². The van der Waals surface area contributed by atoms with E-state index in [1.165, 1.54) is 11.3 Å². The highest BCUT2D eigenvalue weighted by Crippen LogP contribution is 2.31. The molecule has 0 saturated heterocycles. The lowest BCUT2D eigenvalue weighted by Gasteiger charge is -2.05. The van der Waals surface area contributed by atoms with Crippen molar-refractivity contribution in [3.8, 4) is 33.4 Å². The fourth-order valence-electron chi connectivity index (χ4n) is 2.50. The van der Waals surface area contributed by atoms with E-state index in [0.717, 1.165) is 27.7 Å². The van der Waals surface area contributed by atoms with Crippen LogP contribution in [-0.2, 0) is 0 Å². The molecular formula is C18H15N5OS. The van der Waals surface area contributed by atoms with E-state index in [2.05, 4.69) is 15.3 Å². The summed E-state index contributed by atoms with van der Waals surface area (Å²) >= 11 is 1.50. The van der Waals surface area contributed by atoms with Crippen molar-refractivity contribution < 1.29 is 4.74 Å². The van der Waals surface area contributed by atoms with Gasteiger partial charge in [-0.1, -0.05) is 41.6 Å². The summed E-state index contributed by atoms with van der Waals surface area (Å²) in [5, 5.41) is 11.1. The lowest BCUT2D eigenvalue weighted by Crippen LogP contribution is -2.02. The van der Waals surface area contributed by atoms with E-state index in [1.807, 2.05) is 60.0 Å². The van der Waals surface area contributed by atoms with Gasteiger partial charge in [-0.15, -0.1) is 16.4 Å². The van der Waals surface area contributed by atoms with E-state index in [0.29, 0.717) is 11.5 Å².